The number of thiazole rings is 1. The van der Waals surface area contributed by atoms with Gasteiger partial charge >= 0.3 is 0 Å². The maximum atomic E-state index is 12.5. The number of ether oxygens (including phenoxy) is 1. The Morgan fingerprint density at radius 1 is 1.46 bits per heavy atom. The summed E-state index contributed by atoms with van der Waals surface area (Å²) in [6.07, 6.45) is 6.38. The first-order valence-corrected chi connectivity index (χ1v) is 9.18. The zero-order valence-corrected chi connectivity index (χ0v) is 15.3. The highest BCUT2D eigenvalue weighted by Crippen LogP contribution is 2.28. The number of piperidine rings is 1. The van der Waals surface area contributed by atoms with E-state index in [0.29, 0.717) is 12.3 Å². The van der Waals surface area contributed by atoms with Gasteiger partial charge in [0.2, 0.25) is 5.91 Å². The molecule has 1 atom stereocenters. The average molecular weight is 348 g/mol. The van der Waals surface area contributed by atoms with Gasteiger partial charge in [0.05, 0.1) is 18.3 Å². The fourth-order valence-electron chi connectivity index (χ4n) is 3.07. The fraction of sp³-hybridized carbons (Fsp3) is 0.588. The Kier molecular flexibility index (Phi) is 5.30. The molecule has 0 aromatic carbocycles. The molecule has 1 aliphatic heterocycles. The van der Waals surface area contributed by atoms with Gasteiger partial charge in [0.1, 0.15) is 11.1 Å². The Morgan fingerprint density at radius 2 is 2.21 bits per heavy atom. The highest BCUT2D eigenvalue weighted by Gasteiger charge is 2.25. The van der Waals surface area contributed by atoms with E-state index >= 15 is 0 Å². The second-order valence-electron chi connectivity index (χ2n) is 6.33. The molecule has 2 aromatic heterocycles. The second-order valence-corrected chi connectivity index (χ2v) is 7.22. The zero-order valence-electron chi connectivity index (χ0n) is 14.4. The predicted molar refractivity (Wildman–Crippen MR) is 93.0 cm³/mol. The van der Waals surface area contributed by atoms with Crippen molar-refractivity contribution >= 4 is 17.2 Å². The number of nitrogens with zero attached hydrogens (tertiary/aromatic N) is 4. The third kappa shape index (κ3) is 3.84. The lowest BCUT2D eigenvalue weighted by Gasteiger charge is -2.31. The molecule has 1 amide bonds. The van der Waals surface area contributed by atoms with Crippen molar-refractivity contribution in [1.29, 1.82) is 0 Å². The molecule has 2 aromatic rings. The molecule has 1 aliphatic rings. The minimum atomic E-state index is -0.0194. The number of carbonyl (C=O) groups is 1. The number of carbonyl (C=O) groups excluding carboxylic acids is 1. The lowest BCUT2D eigenvalue weighted by atomic mass is 9.91. The Balaban J connectivity index is 1.52. The summed E-state index contributed by atoms with van der Waals surface area (Å²) in [5.41, 5.74) is 2.13. The van der Waals surface area contributed by atoms with Gasteiger partial charge in [-0.15, -0.1) is 11.3 Å². The SMILES string of the molecule is COC(C)c1nc(CC(=O)N2CCC(c3cnn(C)c3)CC2)cs1. The van der Waals surface area contributed by atoms with Gasteiger partial charge in [-0.05, 0) is 31.2 Å². The van der Waals surface area contributed by atoms with Crippen LogP contribution >= 0.6 is 11.3 Å². The maximum Gasteiger partial charge on any atom is 0.228 e. The Bertz CT molecular complexity index is 688. The quantitative estimate of drug-likeness (QED) is 0.833. The number of methoxy groups -OCH3 is 1. The topological polar surface area (TPSA) is 60.2 Å². The summed E-state index contributed by atoms with van der Waals surface area (Å²) < 4.78 is 7.11. The molecule has 24 heavy (non-hydrogen) atoms. The van der Waals surface area contributed by atoms with E-state index < -0.39 is 0 Å². The molecule has 3 rings (SSSR count). The number of aromatic nitrogens is 3. The fourth-order valence-corrected chi connectivity index (χ4v) is 3.92. The van der Waals surface area contributed by atoms with Crippen molar-refractivity contribution in [3.63, 3.8) is 0 Å². The number of rotatable bonds is 5. The van der Waals surface area contributed by atoms with Crippen LogP contribution in [-0.4, -0.2) is 45.8 Å². The van der Waals surface area contributed by atoms with Gasteiger partial charge in [0.25, 0.3) is 0 Å². The molecule has 0 saturated carbocycles. The molecule has 3 heterocycles. The van der Waals surface area contributed by atoms with E-state index in [1.54, 1.807) is 18.4 Å². The van der Waals surface area contributed by atoms with Crippen LogP contribution in [0.1, 0.15) is 48.1 Å². The van der Waals surface area contributed by atoms with Crippen molar-refractivity contribution in [1.82, 2.24) is 19.7 Å². The smallest absolute Gasteiger partial charge is 0.228 e. The van der Waals surface area contributed by atoms with Gasteiger partial charge in [-0.1, -0.05) is 0 Å². The highest BCUT2D eigenvalue weighted by molar-refractivity contribution is 7.09. The predicted octanol–water partition coefficient (Wildman–Crippen LogP) is 2.53. The van der Waals surface area contributed by atoms with Crippen LogP contribution in [0.25, 0.3) is 0 Å². The summed E-state index contributed by atoms with van der Waals surface area (Å²) in [6, 6.07) is 0. The number of amides is 1. The minimum absolute atomic E-state index is 0.0194. The van der Waals surface area contributed by atoms with Gasteiger partial charge < -0.3 is 9.64 Å². The molecule has 1 unspecified atom stereocenters. The van der Waals surface area contributed by atoms with E-state index in [0.717, 1.165) is 36.6 Å². The molecule has 6 nitrogen and oxygen atoms in total. The van der Waals surface area contributed by atoms with E-state index in [1.165, 1.54) is 5.56 Å². The summed E-state index contributed by atoms with van der Waals surface area (Å²) in [6.45, 7) is 3.58. The monoisotopic (exact) mass is 348 g/mol. The first-order chi connectivity index (χ1) is 11.6. The van der Waals surface area contributed by atoms with Crippen molar-refractivity contribution < 1.29 is 9.53 Å². The third-order valence-electron chi connectivity index (χ3n) is 4.65. The number of likely N-dealkylation sites (tertiary alicyclic amines) is 1. The van der Waals surface area contributed by atoms with E-state index in [-0.39, 0.29) is 12.0 Å². The molecule has 0 spiro atoms. The molecule has 0 bridgehead atoms. The minimum Gasteiger partial charge on any atom is -0.375 e. The number of hydrogen-bond donors (Lipinski definition) is 0. The first-order valence-electron chi connectivity index (χ1n) is 8.30. The van der Waals surface area contributed by atoms with Crippen LogP contribution in [0.4, 0.5) is 0 Å². The van der Waals surface area contributed by atoms with E-state index in [1.807, 2.05) is 35.1 Å². The molecular formula is C17H24N4O2S. The van der Waals surface area contributed by atoms with Crippen LogP contribution < -0.4 is 0 Å². The van der Waals surface area contributed by atoms with Crippen LogP contribution in [0.15, 0.2) is 17.8 Å². The first kappa shape index (κ1) is 17.1. The molecule has 7 heteroatoms. The van der Waals surface area contributed by atoms with Crippen LogP contribution in [0, 0.1) is 0 Å². The molecule has 130 valence electrons. The summed E-state index contributed by atoms with van der Waals surface area (Å²) in [7, 11) is 3.61. The zero-order chi connectivity index (χ0) is 17.1. The van der Waals surface area contributed by atoms with Crippen LogP contribution in [0.5, 0.6) is 0 Å². The molecule has 1 saturated heterocycles. The number of hydrogen-bond acceptors (Lipinski definition) is 5. The van der Waals surface area contributed by atoms with E-state index in [2.05, 4.69) is 16.3 Å². The van der Waals surface area contributed by atoms with Crippen LogP contribution in [0.2, 0.25) is 0 Å². The lowest BCUT2D eigenvalue weighted by Crippen LogP contribution is -2.38. The standard InChI is InChI=1S/C17H24N4O2S/c1-12(23-3)17-19-15(11-24-17)8-16(22)21-6-4-13(5-7-21)14-9-18-20(2)10-14/h9-13H,4-8H2,1-3H3. The van der Waals surface area contributed by atoms with Crippen molar-refractivity contribution in [3.05, 3.63) is 34.0 Å². The van der Waals surface area contributed by atoms with Gasteiger partial charge in [-0.3, -0.25) is 9.48 Å². The lowest BCUT2D eigenvalue weighted by molar-refractivity contribution is -0.131. The Hall–Kier alpha value is -1.73. The molecule has 0 aliphatic carbocycles. The van der Waals surface area contributed by atoms with Crippen LogP contribution in [-0.2, 0) is 23.0 Å². The van der Waals surface area contributed by atoms with Crippen molar-refractivity contribution in [2.75, 3.05) is 20.2 Å². The molecular weight excluding hydrogens is 324 g/mol. The normalized spacial score (nSPS) is 17.2. The average Bonchev–Trinajstić information content (AvgIpc) is 3.23. The summed E-state index contributed by atoms with van der Waals surface area (Å²) in [5.74, 6) is 0.678. The van der Waals surface area contributed by atoms with Gasteiger partial charge in [-0.2, -0.15) is 5.10 Å². The molecule has 0 N–H and O–H groups in total. The van der Waals surface area contributed by atoms with Gasteiger partial charge in [-0.25, -0.2) is 4.98 Å². The van der Waals surface area contributed by atoms with Crippen molar-refractivity contribution in [2.24, 2.45) is 7.05 Å². The second kappa shape index (κ2) is 7.44. The Labute approximate surface area is 146 Å². The van der Waals surface area contributed by atoms with Gasteiger partial charge in [0.15, 0.2) is 0 Å². The summed E-state index contributed by atoms with van der Waals surface area (Å²) in [5, 5.41) is 7.13. The summed E-state index contributed by atoms with van der Waals surface area (Å²) in [4.78, 5) is 19.0. The maximum absolute atomic E-state index is 12.5. The van der Waals surface area contributed by atoms with E-state index in [9.17, 15) is 4.79 Å². The number of aryl methyl sites for hydroxylation is 1. The van der Waals surface area contributed by atoms with Crippen molar-refractivity contribution in [3.8, 4) is 0 Å². The van der Waals surface area contributed by atoms with Crippen LogP contribution in [0.3, 0.4) is 0 Å². The largest absolute Gasteiger partial charge is 0.375 e. The molecule has 0 radical (unpaired) electrons. The summed E-state index contributed by atoms with van der Waals surface area (Å²) >= 11 is 1.55. The highest BCUT2D eigenvalue weighted by atomic mass is 32.1. The van der Waals surface area contributed by atoms with E-state index in [4.69, 9.17) is 4.74 Å². The third-order valence-corrected chi connectivity index (χ3v) is 5.70. The molecule has 1 fully saturated rings. The van der Waals surface area contributed by atoms with Gasteiger partial charge in [0, 0.05) is 38.8 Å². The van der Waals surface area contributed by atoms with Crippen molar-refractivity contribution in [2.45, 2.75) is 38.2 Å². The Morgan fingerprint density at radius 3 is 2.83 bits per heavy atom.